The summed E-state index contributed by atoms with van der Waals surface area (Å²) in [6, 6.07) is 0.259. The SMILES string of the molecule is NS(=O)(=O)N1CCC2CC21. The number of piperidine rings is 1. The maximum Gasteiger partial charge on any atom is 0.277 e. The second-order valence-electron chi connectivity index (χ2n) is 3.01. The van der Waals surface area contributed by atoms with Gasteiger partial charge in [-0.2, -0.15) is 12.7 Å². The van der Waals surface area contributed by atoms with Gasteiger partial charge in [0.1, 0.15) is 0 Å². The molecule has 1 saturated heterocycles. The summed E-state index contributed by atoms with van der Waals surface area (Å²) in [6.07, 6.45) is 2.03. The quantitative estimate of drug-likeness (QED) is 0.553. The molecule has 2 rings (SSSR count). The average molecular weight is 162 g/mol. The highest BCUT2D eigenvalue weighted by molar-refractivity contribution is 7.86. The fraction of sp³-hybridized carbons (Fsp3) is 1.00. The third-order valence-electron chi connectivity index (χ3n) is 2.30. The van der Waals surface area contributed by atoms with Gasteiger partial charge in [0.05, 0.1) is 0 Å². The van der Waals surface area contributed by atoms with Gasteiger partial charge in [0.25, 0.3) is 10.2 Å². The minimum Gasteiger partial charge on any atom is -0.216 e. The Labute approximate surface area is 60.2 Å². The number of hydrogen-bond acceptors (Lipinski definition) is 2. The summed E-state index contributed by atoms with van der Waals surface area (Å²) in [5, 5.41) is 4.96. The number of nitrogens with two attached hydrogens (primary N) is 1. The Hall–Kier alpha value is -0.130. The first-order chi connectivity index (χ1) is 4.59. The number of fused-ring (bicyclic) bond motifs is 1. The van der Waals surface area contributed by atoms with E-state index in [-0.39, 0.29) is 6.04 Å². The Morgan fingerprint density at radius 1 is 1.50 bits per heavy atom. The molecule has 0 aromatic rings. The van der Waals surface area contributed by atoms with E-state index in [1.54, 1.807) is 0 Å². The maximum atomic E-state index is 10.8. The van der Waals surface area contributed by atoms with Crippen LogP contribution in [0.15, 0.2) is 0 Å². The molecular formula is C5H10N2O2S. The van der Waals surface area contributed by atoms with Crippen LogP contribution in [0.5, 0.6) is 0 Å². The zero-order valence-corrected chi connectivity index (χ0v) is 6.34. The number of rotatable bonds is 1. The third kappa shape index (κ3) is 0.853. The average Bonchev–Trinajstić information content (AvgIpc) is 2.40. The molecule has 5 heteroatoms. The molecule has 1 saturated carbocycles. The van der Waals surface area contributed by atoms with Crippen LogP contribution in [0, 0.1) is 5.92 Å². The van der Waals surface area contributed by atoms with E-state index in [1.807, 2.05) is 0 Å². The van der Waals surface area contributed by atoms with Gasteiger partial charge in [-0.15, -0.1) is 0 Å². The van der Waals surface area contributed by atoms with Crippen LogP contribution in [0.1, 0.15) is 12.8 Å². The van der Waals surface area contributed by atoms with Crippen LogP contribution < -0.4 is 5.14 Å². The van der Waals surface area contributed by atoms with Crippen molar-refractivity contribution in [2.24, 2.45) is 11.1 Å². The first kappa shape index (κ1) is 6.57. The Kier molecular flexibility index (Phi) is 1.13. The molecule has 1 heterocycles. The van der Waals surface area contributed by atoms with Crippen LogP contribution >= 0.6 is 0 Å². The van der Waals surface area contributed by atoms with Crippen molar-refractivity contribution in [3.8, 4) is 0 Å². The molecule has 2 aliphatic rings. The summed E-state index contributed by atoms with van der Waals surface area (Å²) in [5.41, 5.74) is 0. The zero-order valence-electron chi connectivity index (χ0n) is 5.53. The first-order valence-corrected chi connectivity index (χ1v) is 4.89. The van der Waals surface area contributed by atoms with E-state index in [2.05, 4.69) is 0 Å². The lowest BCUT2D eigenvalue weighted by Crippen LogP contribution is -2.36. The van der Waals surface area contributed by atoms with Gasteiger partial charge in [-0.1, -0.05) is 0 Å². The molecule has 0 amide bonds. The lowest BCUT2D eigenvalue weighted by Gasteiger charge is -2.12. The minimum absolute atomic E-state index is 0.259. The number of hydrogen-bond donors (Lipinski definition) is 1. The van der Waals surface area contributed by atoms with Gasteiger partial charge in [0.2, 0.25) is 0 Å². The molecule has 0 spiro atoms. The molecule has 1 aliphatic heterocycles. The molecule has 0 aromatic heterocycles. The van der Waals surface area contributed by atoms with E-state index in [0.717, 1.165) is 12.8 Å². The summed E-state index contributed by atoms with van der Waals surface area (Å²) < 4.78 is 23.0. The van der Waals surface area contributed by atoms with E-state index in [1.165, 1.54) is 4.31 Å². The molecule has 2 unspecified atom stereocenters. The van der Waals surface area contributed by atoms with E-state index in [0.29, 0.717) is 12.5 Å². The second-order valence-corrected chi connectivity index (χ2v) is 4.51. The fourth-order valence-corrected chi connectivity index (χ4v) is 2.66. The lowest BCUT2D eigenvalue weighted by atomic mass is 10.3. The van der Waals surface area contributed by atoms with Gasteiger partial charge in [-0.25, -0.2) is 5.14 Å². The monoisotopic (exact) mass is 162 g/mol. The molecule has 1 aliphatic carbocycles. The Balaban J connectivity index is 2.20. The molecule has 0 aromatic carbocycles. The van der Waals surface area contributed by atoms with Crippen molar-refractivity contribution < 1.29 is 8.42 Å². The van der Waals surface area contributed by atoms with Gasteiger partial charge in [-0.3, -0.25) is 0 Å². The van der Waals surface area contributed by atoms with Crippen molar-refractivity contribution in [2.75, 3.05) is 6.54 Å². The van der Waals surface area contributed by atoms with Crippen molar-refractivity contribution in [3.63, 3.8) is 0 Å². The number of nitrogens with zero attached hydrogens (tertiary/aromatic N) is 1. The summed E-state index contributed by atoms with van der Waals surface area (Å²) in [7, 11) is -3.38. The predicted octanol–water partition coefficient (Wildman–Crippen LogP) is -0.716. The molecule has 0 bridgehead atoms. The van der Waals surface area contributed by atoms with Crippen molar-refractivity contribution in [3.05, 3.63) is 0 Å². The Morgan fingerprint density at radius 3 is 2.40 bits per heavy atom. The van der Waals surface area contributed by atoms with Crippen LogP contribution in [-0.2, 0) is 10.2 Å². The molecule has 2 N–H and O–H groups in total. The normalized spacial score (nSPS) is 39.7. The predicted molar refractivity (Wildman–Crippen MR) is 36.3 cm³/mol. The van der Waals surface area contributed by atoms with Crippen molar-refractivity contribution in [1.29, 1.82) is 0 Å². The van der Waals surface area contributed by atoms with Gasteiger partial charge >= 0.3 is 0 Å². The minimum atomic E-state index is -3.38. The molecule has 58 valence electrons. The Morgan fingerprint density at radius 2 is 2.20 bits per heavy atom. The molecule has 4 nitrogen and oxygen atoms in total. The molecule has 2 atom stereocenters. The van der Waals surface area contributed by atoms with Gasteiger partial charge in [0, 0.05) is 12.6 Å². The highest BCUT2D eigenvalue weighted by Crippen LogP contribution is 2.44. The van der Waals surface area contributed by atoms with E-state index in [9.17, 15) is 8.42 Å². The molecule has 10 heavy (non-hydrogen) atoms. The standard InChI is InChI=1S/C5H10N2O2S/c6-10(8,9)7-2-1-4-3-5(4)7/h4-5H,1-3H2,(H2,6,8,9). The van der Waals surface area contributed by atoms with Crippen LogP contribution in [0.3, 0.4) is 0 Å². The van der Waals surface area contributed by atoms with Crippen LogP contribution in [0.25, 0.3) is 0 Å². The van der Waals surface area contributed by atoms with Crippen LogP contribution in [0.4, 0.5) is 0 Å². The lowest BCUT2D eigenvalue weighted by molar-refractivity contribution is 0.443. The van der Waals surface area contributed by atoms with E-state index < -0.39 is 10.2 Å². The highest BCUT2D eigenvalue weighted by atomic mass is 32.2. The highest BCUT2D eigenvalue weighted by Gasteiger charge is 2.50. The molecular weight excluding hydrogens is 152 g/mol. The van der Waals surface area contributed by atoms with Gasteiger partial charge < -0.3 is 0 Å². The van der Waals surface area contributed by atoms with Gasteiger partial charge in [-0.05, 0) is 18.8 Å². The summed E-state index contributed by atoms with van der Waals surface area (Å²) in [6.45, 7) is 0.633. The third-order valence-corrected chi connectivity index (χ3v) is 3.41. The second kappa shape index (κ2) is 1.72. The smallest absolute Gasteiger partial charge is 0.216 e. The van der Waals surface area contributed by atoms with E-state index >= 15 is 0 Å². The summed E-state index contributed by atoms with van der Waals surface area (Å²) in [4.78, 5) is 0. The summed E-state index contributed by atoms with van der Waals surface area (Å²) in [5.74, 6) is 0.623. The topological polar surface area (TPSA) is 63.4 Å². The van der Waals surface area contributed by atoms with Crippen molar-refractivity contribution in [1.82, 2.24) is 4.31 Å². The van der Waals surface area contributed by atoms with Crippen molar-refractivity contribution >= 4 is 10.2 Å². The summed E-state index contributed by atoms with van der Waals surface area (Å²) >= 11 is 0. The van der Waals surface area contributed by atoms with E-state index in [4.69, 9.17) is 5.14 Å². The maximum absolute atomic E-state index is 10.8. The molecule has 0 radical (unpaired) electrons. The van der Waals surface area contributed by atoms with Gasteiger partial charge in [0.15, 0.2) is 0 Å². The Bertz CT molecular complexity index is 248. The first-order valence-electron chi connectivity index (χ1n) is 3.38. The molecule has 2 fully saturated rings. The fourth-order valence-electron chi connectivity index (χ4n) is 1.67. The largest absolute Gasteiger partial charge is 0.277 e. The van der Waals surface area contributed by atoms with Crippen molar-refractivity contribution in [2.45, 2.75) is 18.9 Å². The van der Waals surface area contributed by atoms with Crippen LogP contribution in [0.2, 0.25) is 0 Å². The van der Waals surface area contributed by atoms with Crippen LogP contribution in [-0.4, -0.2) is 25.3 Å². The zero-order chi connectivity index (χ0) is 7.35.